The van der Waals surface area contributed by atoms with Gasteiger partial charge in [-0.1, -0.05) is 19.9 Å². The van der Waals surface area contributed by atoms with E-state index in [9.17, 15) is 0 Å². The molecule has 106 valence electrons. The molecule has 0 aromatic heterocycles. The predicted molar refractivity (Wildman–Crippen MR) is 77.8 cm³/mol. The first-order chi connectivity index (χ1) is 9.06. The molecule has 19 heavy (non-hydrogen) atoms. The van der Waals surface area contributed by atoms with E-state index in [4.69, 9.17) is 9.47 Å². The van der Waals surface area contributed by atoms with Gasteiger partial charge in [0.2, 0.25) is 6.79 Å². The fourth-order valence-electron chi connectivity index (χ4n) is 2.20. The van der Waals surface area contributed by atoms with Crippen LogP contribution in [0.25, 0.3) is 0 Å². The van der Waals surface area contributed by atoms with Gasteiger partial charge in [0.25, 0.3) is 0 Å². The summed E-state index contributed by atoms with van der Waals surface area (Å²) in [6.45, 7) is 9.36. The van der Waals surface area contributed by atoms with E-state index in [0.29, 0.717) is 24.8 Å². The summed E-state index contributed by atoms with van der Waals surface area (Å²) in [5.74, 6) is 2.42. The van der Waals surface area contributed by atoms with Gasteiger partial charge in [-0.3, -0.25) is 0 Å². The Morgan fingerprint density at radius 2 is 1.84 bits per heavy atom. The van der Waals surface area contributed by atoms with Crippen molar-refractivity contribution in [2.24, 2.45) is 5.92 Å². The van der Waals surface area contributed by atoms with Gasteiger partial charge in [-0.15, -0.1) is 0 Å². The Hall–Kier alpha value is -1.22. The number of aryl methyl sites for hydroxylation is 1. The van der Waals surface area contributed by atoms with Crippen LogP contribution in [0.3, 0.4) is 0 Å². The molecule has 1 aliphatic rings. The standard InChI is InChI=1S/C16H25NO2/c1-11(2)13(4)17-12(3)5-6-14-7-8-15-16(9-14)19-10-18-15/h7-9,11-13,17H,5-6,10H2,1-4H3. The van der Waals surface area contributed by atoms with E-state index in [1.54, 1.807) is 0 Å². The number of nitrogens with one attached hydrogen (secondary N) is 1. The summed E-state index contributed by atoms with van der Waals surface area (Å²) >= 11 is 0. The van der Waals surface area contributed by atoms with Crippen LogP contribution in [0.5, 0.6) is 11.5 Å². The summed E-state index contributed by atoms with van der Waals surface area (Å²) in [5.41, 5.74) is 1.31. The second kappa shape index (κ2) is 6.29. The second-order valence-corrected chi connectivity index (χ2v) is 5.83. The van der Waals surface area contributed by atoms with E-state index in [1.165, 1.54) is 5.56 Å². The molecule has 0 radical (unpaired) electrons. The number of ether oxygens (including phenoxy) is 2. The fourth-order valence-corrected chi connectivity index (χ4v) is 2.20. The molecule has 1 aromatic rings. The van der Waals surface area contributed by atoms with Crippen molar-refractivity contribution in [3.63, 3.8) is 0 Å². The van der Waals surface area contributed by atoms with Gasteiger partial charge in [-0.25, -0.2) is 0 Å². The van der Waals surface area contributed by atoms with Crippen LogP contribution in [-0.2, 0) is 6.42 Å². The van der Waals surface area contributed by atoms with Crippen LogP contribution < -0.4 is 14.8 Å². The van der Waals surface area contributed by atoms with Gasteiger partial charge in [-0.05, 0) is 50.3 Å². The lowest BCUT2D eigenvalue weighted by molar-refractivity contribution is 0.174. The van der Waals surface area contributed by atoms with Crippen molar-refractivity contribution in [3.05, 3.63) is 23.8 Å². The first-order valence-corrected chi connectivity index (χ1v) is 7.21. The van der Waals surface area contributed by atoms with Crippen molar-refractivity contribution in [2.45, 2.75) is 52.6 Å². The van der Waals surface area contributed by atoms with E-state index < -0.39 is 0 Å². The van der Waals surface area contributed by atoms with Gasteiger partial charge >= 0.3 is 0 Å². The van der Waals surface area contributed by atoms with E-state index in [2.05, 4.69) is 45.1 Å². The molecule has 2 unspecified atom stereocenters. The smallest absolute Gasteiger partial charge is 0.231 e. The van der Waals surface area contributed by atoms with E-state index in [1.807, 2.05) is 6.07 Å². The summed E-state index contributed by atoms with van der Waals surface area (Å²) in [7, 11) is 0. The maximum absolute atomic E-state index is 5.40. The van der Waals surface area contributed by atoms with Crippen molar-refractivity contribution in [1.29, 1.82) is 0 Å². The molecule has 3 nitrogen and oxygen atoms in total. The average molecular weight is 263 g/mol. The molecule has 1 aliphatic heterocycles. The normalized spacial score (nSPS) is 16.7. The van der Waals surface area contributed by atoms with Gasteiger partial charge in [0.05, 0.1) is 0 Å². The van der Waals surface area contributed by atoms with Crippen LogP contribution in [0.15, 0.2) is 18.2 Å². The number of fused-ring (bicyclic) bond motifs is 1. The van der Waals surface area contributed by atoms with Crippen molar-refractivity contribution in [1.82, 2.24) is 5.32 Å². The topological polar surface area (TPSA) is 30.5 Å². The molecule has 0 bridgehead atoms. The van der Waals surface area contributed by atoms with Crippen LogP contribution in [-0.4, -0.2) is 18.9 Å². The molecule has 1 N–H and O–H groups in total. The maximum atomic E-state index is 5.40. The highest BCUT2D eigenvalue weighted by Gasteiger charge is 2.14. The average Bonchev–Trinajstić information content (AvgIpc) is 2.83. The van der Waals surface area contributed by atoms with Crippen LogP contribution in [0.1, 0.15) is 39.7 Å². The van der Waals surface area contributed by atoms with Crippen molar-refractivity contribution < 1.29 is 9.47 Å². The minimum absolute atomic E-state index is 0.350. The van der Waals surface area contributed by atoms with Crippen molar-refractivity contribution in [2.75, 3.05) is 6.79 Å². The summed E-state index contributed by atoms with van der Waals surface area (Å²) in [6, 6.07) is 7.33. The first-order valence-electron chi connectivity index (χ1n) is 7.21. The summed E-state index contributed by atoms with van der Waals surface area (Å²) in [4.78, 5) is 0. The number of benzene rings is 1. The van der Waals surface area contributed by atoms with Crippen LogP contribution in [0, 0.1) is 5.92 Å². The van der Waals surface area contributed by atoms with Crippen molar-refractivity contribution >= 4 is 0 Å². The van der Waals surface area contributed by atoms with Crippen molar-refractivity contribution in [3.8, 4) is 11.5 Å². The predicted octanol–water partition coefficient (Wildman–Crippen LogP) is 3.37. The third kappa shape index (κ3) is 3.87. The quantitative estimate of drug-likeness (QED) is 0.853. The zero-order chi connectivity index (χ0) is 13.8. The third-order valence-electron chi connectivity index (χ3n) is 3.85. The SMILES string of the molecule is CC(CCc1ccc2c(c1)OCO2)NC(C)C(C)C. The minimum atomic E-state index is 0.350. The Morgan fingerprint density at radius 1 is 1.11 bits per heavy atom. The molecule has 0 amide bonds. The van der Waals surface area contributed by atoms with Gasteiger partial charge in [0.1, 0.15) is 0 Å². The number of rotatable bonds is 6. The number of hydrogen-bond donors (Lipinski definition) is 1. The highest BCUT2D eigenvalue weighted by molar-refractivity contribution is 5.44. The highest BCUT2D eigenvalue weighted by atomic mass is 16.7. The van der Waals surface area contributed by atoms with E-state index in [0.717, 1.165) is 24.3 Å². The fraction of sp³-hybridized carbons (Fsp3) is 0.625. The molecule has 0 fully saturated rings. The Bertz CT molecular complexity index is 417. The van der Waals surface area contributed by atoms with Gasteiger partial charge in [0.15, 0.2) is 11.5 Å². The molecule has 2 rings (SSSR count). The van der Waals surface area contributed by atoms with E-state index in [-0.39, 0.29) is 0 Å². The van der Waals surface area contributed by atoms with Gasteiger partial charge in [0, 0.05) is 12.1 Å². The van der Waals surface area contributed by atoms with Crippen LogP contribution in [0.2, 0.25) is 0 Å². The molecule has 0 saturated heterocycles. The highest BCUT2D eigenvalue weighted by Crippen LogP contribution is 2.32. The lowest BCUT2D eigenvalue weighted by Crippen LogP contribution is -2.37. The molecule has 0 saturated carbocycles. The molecular weight excluding hydrogens is 238 g/mol. The third-order valence-corrected chi connectivity index (χ3v) is 3.85. The molecule has 2 atom stereocenters. The second-order valence-electron chi connectivity index (χ2n) is 5.83. The molecule has 0 aliphatic carbocycles. The molecule has 3 heteroatoms. The maximum Gasteiger partial charge on any atom is 0.231 e. The molecule has 1 aromatic carbocycles. The summed E-state index contributed by atoms with van der Waals surface area (Å²) in [5, 5.41) is 3.65. The van der Waals surface area contributed by atoms with Crippen LogP contribution >= 0.6 is 0 Å². The molecular formula is C16H25NO2. The van der Waals surface area contributed by atoms with E-state index >= 15 is 0 Å². The van der Waals surface area contributed by atoms with Crippen LogP contribution in [0.4, 0.5) is 0 Å². The monoisotopic (exact) mass is 263 g/mol. The lowest BCUT2D eigenvalue weighted by atomic mass is 10.0. The Labute approximate surface area is 116 Å². The summed E-state index contributed by atoms with van der Waals surface area (Å²) < 4.78 is 10.7. The Kier molecular flexibility index (Phi) is 4.70. The lowest BCUT2D eigenvalue weighted by Gasteiger charge is -2.22. The van der Waals surface area contributed by atoms with Gasteiger partial charge in [-0.2, -0.15) is 0 Å². The Morgan fingerprint density at radius 3 is 2.58 bits per heavy atom. The molecule has 0 spiro atoms. The van der Waals surface area contributed by atoms with Gasteiger partial charge < -0.3 is 14.8 Å². The molecule has 1 heterocycles. The largest absolute Gasteiger partial charge is 0.454 e. The first kappa shape index (κ1) is 14.2. The summed E-state index contributed by atoms with van der Waals surface area (Å²) in [6.07, 6.45) is 2.20. The minimum Gasteiger partial charge on any atom is -0.454 e. The zero-order valence-electron chi connectivity index (χ0n) is 12.4. The Balaban J connectivity index is 1.82. The number of hydrogen-bond acceptors (Lipinski definition) is 3. The zero-order valence-corrected chi connectivity index (χ0v) is 12.4.